The summed E-state index contributed by atoms with van der Waals surface area (Å²) in [4.78, 5) is 0. The molecule has 1 rings (SSSR count). The monoisotopic (exact) mass is 337 g/mol. The summed E-state index contributed by atoms with van der Waals surface area (Å²) in [5, 5.41) is 3.16. The first-order valence-electron chi connectivity index (χ1n) is 6.09. The molecule has 0 fully saturated rings. The predicted molar refractivity (Wildman–Crippen MR) is 73.5 cm³/mol. The van der Waals surface area contributed by atoms with E-state index in [1.165, 1.54) is 13.2 Å². The molecule has 3 nitrogen and oxygen atoms in total. The molecule has 0 bridgehead atoms. The standard InChI is InChI=1S/C13H18BrF2NO2/c1-3-4-17-7-10(8-18-2)19-12-6-9(14)5-11(15)13(12)16/h5-6,10,17H,3-4,7-8H2,1-2H3. The van der Waals surface area contributed by atoms with Gasteiger partial charge in [-0.2, -0.15) is 4.39 Å². The second-order valence-electron chi connectivity index (χ2n) is 4.10. The Morgan fingerprint density at radius 2 is 2.11 bits per heavy atom. The molecule has 0 saturated heterocycles. The average Bonchev–Trinajstić information content (AvgIpc) is 2.35. The van der Waals surface area contributed by atoms with Gasteiger partial charge >= 0.3 is 0 Å². The molecule has 0 spiro atoms. The molecule has 0 radical (unpaired) electrons. The zero-order chi connectivity index (χ0) is 14.3. The summed E-state index contributed by atoms with van der Waals surface area (Å²) in [7, 11) is 1.54. The van der Waals surface area contributed by atoms with Gasteiger partial charge < -0.3 is 14.8 Å². The summed E-state index contributed by atoms with van der Waals surface area (Å²) in [6.45, 7) is 3.68. The predicted octanol–water partition coefficient (Wildman–Crippen LogP) is 3.12. The first kappa shape index (κ1) is 16.3. The molecule has 1 aromatic carbocycles. The molecule has 19 heavy (non-hydrogen) atoms. The molecule has 0 amide bonds. The Labute approximate surface area is 120 Å². The van der Waals surface area contributed by atoms with Crippen molar-refractivity contribution in [3.63, 3.8) is 0 Å². The number of nitrogens with one attached hydrogen (secondary N) is 1. The average molecular weight is 338 g/mol. The van der Waals surface area contributed by atoms with Crippen molar-refractivity contribution in [1.82, 2.24) is 5.32 Å². The van der Waals surface area contributed by atoms with Crippen LogP contribution in [0.2, 0.25) is 0 Å². The Balaban J connectivity index is 2.72. The van der Waals surface area contributed by atoms with Crippen LogP contribution < -0.4 is 10.1 Å². The van der Waals surface area contributed by atoms with E-state index in [2.05, 4.69) is 21.2 Å². The fourth-order valence-electron chi connectivity index (χ4n) is 1.56. The van der Waals surface area contributed by atoms with E-state index in [9.17, 15) is 8.78 Å². The first-order valence-corrected chi connectivity index (χ1v) is 6.88. The van der Waals surface area contributed by atoms with E-state index in [1.807, 2.05) is 6.92 Å². The maximum absolute atomic E-state index is 13.6. The van der Waals surface area contributed by atoms with Crippen molar-refractivity contribution in [3.05, 3.63) is 28.2 Å². The van der Waals surface area contributed by atoms with E-state index in [-0.39, 0.29) is 11.9 Å². The maximum atomic E-state index is 13.6. The Hall–Kier alpha value is -0.720. The molecule has 0 saturated carbocycles. The minimum Gasteiger partial charge on any atom is -0.483 e. The summed E-state index contributed by atoms with van der Waals surface area (Å²) < 4.78 is 37.7. The van der Waals surface area contributed by atoms with E-state index in [0.29, 0.717) is 17.6 Å². The molecule has 0 aliphatic rings. The third-order valence-corrected chi connectivity index (χ3v) is 2.86. The van der Waals surface area contributed by atoms with Crippen LogP contribution in [0.4, 0.5) is 8.78 Å². The van der Waals surface area contributed by atoms with Gasteiger partial charge in [-0.15, -0.1) is 0 Å². The van der Waals surface area contributed by atoms with Crippen molar-refractivity contribution in [1.29, 1.82) is 0 Å². The van der Waals surface area contributed by atoms with E-state index in [4.69, 9.17) is 9.47 Å². The molecular formula is C13H18BrF2NO2. The summed E-state index contributed by atoms with van der Waals surface area (Å²) in [5.41, 5.74) is 0. The summed E-state index contributed by atoms with van der Waals surface area (Å²) >= 11 is 3.11. The lowest BCUT2D eigenvalue weighted by molar-refractivity contribution is 0.0774. The number of benzene rings is 1. The number of ether oxygens (including phenoxy) is 2. The molecule has 6 heteroatoms. The van der Waals surface area contributed by atoms with E-state index < -0.39 is 11.6 Å². The zero-order valence-corrected chi connectivity index (χ0v) is 12.6. The van der Waals surface area contributed by atoms with Crippen LogP contribution in [-0.4, -0.2) is 32.9 Å². The first-order chi connectivity index (χ1) is 9.08. The number of halogens is 3. The van der Waals surface area contributed by atoms with Gasteiger partial charge in [0, 0.05) is 18.1 Å². The molecular weight excluding hydrogens is 320 g/mol. The van der Waals surface area contributed by atoms with Crippen molar-refractivity contribution in [2.75, 3.05) is 26.8 Å². The molecule has 1 N–H and O–H groups in total. The van der Waals surface area contributed by atoms with Gasteiger partial charge in [0.25, 0.3) is 0 Å². The van der Waals surface area contributed by atoms with Crippen LogP contribution in [0.15, 0.2) is 16.6 Å². The van der Waals surface area contributed by atoms with Gasteiger partial charge in [-0.1, -0.05) is 22.9 Å². The zero-order valence-electron chi connectivity index (χ0n) is 11.0. The van der Waals surface area contributed by atoms with Gasteiger partial charge in [0.2, 0.25) is 5.82 Å². The fourth-order valence-corrected chi connectivity index (χ4v) is 1.97. The lowest BCUT2D eigenvalue weighted by Crippen LogP contribution is -2.35. The van der Waals surface area contributed by atoms with Crippen LogP contribution in [0.25, 0.3) is 0 Å². The van der Waals surface area contributed by atoms with E-state index >= 15 is 0 Å². The second-order valence-corrected chi connectivity index (χ2v) is 5.01. The summed E-state index contributed by atoms with van der Waals surface area (Å²) in [5.74, 6) is -2.05. The lowest BCUT2D eigenvalue weighted by atomic mass is 10.3. The minimum atomic E-state index is -0.986. The van der Waals surface area contributed by atoms with Gasteiger partial charge in [-0.05, 0) is 25.1 Å². The quantitative estimate of drug-likeness (QED) is 0.584. The van der Waals surface area contributed by atoms with Gasteiger partial charge in [-0.25, -0.2) is 4.39 Å². The Morgan fingerprint density at radius 1 is 1.37 bits per heavy atom. The highest BCUT2D eigenvalue weighted by Gasteiger charge is 2.16. The van der Waals surface area contributed by atoms with Crippen LogP contribution >= 0.6 is 15.9 Å². The van der Waals surface area contributed by atoms with Crippen LogP contribution in [0, 0.1) is 11.6 Å². The number of hydrogen-bond acceptors (Lipinski definition) is 3. The normalized spacial score (nSPS) is 12.5. The number of rotatable bonds is 8. The molecule has 1 unspecified atom stereocenters. The topological polar surface area (TPSA) is 30.5 Å². The van der Waals surface area contributed by atoms with Crippen molar-refractivity contribution < 1.29 is 18.3 Å². The van der Waals surface area contributed by atoms with Gasteiger partial charge in [0.15, 0.2) is 11.6 Å². The third-order valence-electron chi connectivity index (χ3n) is 2.40. The van der Waals surface area contributed by atoms with Gasteiger partial charge in [0.1, 0.15) is 6.10 Å². The lowest BCUT2D eigenvalue weighted by Gasteiger charge is -2.19. The van der Waals surface area contributed by atoms with Crippen LogP contribution in [0.3, 0.4) is 0 Å². The summed E-state index contributed by atoms with van der Waals surface area (Å²) in [6.07, 6.45) is 0.610. The maximum Gasteiger partial charge on any atom is 0.200 e. The van der Waals surface area contributed by atoms with Crippen molar-refractivity contribution in [2.24, 2.45) is 0 Å². The Morgan fingerprint density at radius 3 is 2.74 bits per heavy atom. The molecule has 1 aromatic rings. The molecule has 0 aliphatic heterocycles. The van der Waals surface area contributed by atoms with Crippen LogP contribution in [0.1, 0.15) is 13.3 Å². The van der Waals surface area contributed by atoms with Gasteiger partial charge in [-0.3, -0.25) is 0 Å². The second kappa shape index (κ2) is 8.45. The van der Waals surface area contributed by atoms with Crippen LogP contribution in [0.5, 0.6) is 5.75 Å². The fraction of sp³-hybridized carbons (Fsp3) is 0.538. The van der Waals surface area contributed by atoms with Crippen molar-refractivity contribution in [2.45, 2.75) is 19.4 Å². The SMILES string of the molecule is CCCNCC(COC)Oc1cc(Br)cc(F)c1F. The van der Waals surface area contributed by atoms with Crippen molar-refractivity contribution in [3.8, 4) is 5.75 Å². The molecule has 1 atom stereocenters. The summed E-state index contributed by atoms with van der Waals surface area (Å²) in [6, 6.07) is 2.46. The third kappa shape index (κ3) is 5.42. The Kier molecular flexibility index (Phi) is 7.27. The molecule has 108 valence electrons. The highest BCUT2D eigenvalue weighted by molar-refractivity contribution is 9.10. The number of hydrogen-bond donors (Lipinski definition) is 1. The number of methoxy groups -OCH3 is 1. The minimum absolute atomic E-state index is 0.118. The highest BCUT2D eigenvalue weighted by Crippen LogP contribution is 2.26. The Bertz CT molecular complexity index is 404. The molecule has 0 aromatic heterocycles. The largest absolute Gasteiger partial charge is 0.483 e. The van der Waals surface area contributed by atoms with Crippen LogP contribution in [-0.2, 0) is 4.74 Å². The smallest absolute Gasteiger partial charge is 0.200 e. The van der Waals surface area contributed by atoms with Crippen molar-refractivity contribution >= 4 is 15.9 Å². The highest BCUT2D eigenvalue weighted by atomic mass is 79.9. The molecule has 0 aliphatic carbocycles. The molecule has 0 heterocycles. The van der Waals surface area contributed by atoms with Gasteiger partial charge in [0.05, 0.1) is 6.61 Å². The van der Waals surface area contributed by atoms with E-state index in [1.54, 1.807) is 0 Å². The van der Waals surface area contributed by atoms with E-state index in [0.717, 1.165) is 19.0 Å².